The maximum atomic E-state index is 12.6. The Bertz CT molecular complexity index is 633. The van der Waals surface area contributed by atoms with Crippen molar-refractivity contribution in [2.75, 3.05) is 13.1 Å². The quantitative estimate of drug-likeness (QED) is 0.886. The molecule has 0 aromatic heterocycles. The van der Waals surface area contributed by atoms with Gasteiger partial charge in [-0.3, -0.25) is 0 Å². The molecule has 0 amide bonds. The summed E-state index contributed by atoms with van der Waals surface area (Å²) in [6, 6.07) is 5.97. The van der Waals surface area contributed by atoms with Crippen LogP contribution in [0.25, 0.3) is 0 Å². The molecule has 1 aromatic rings. The Morgan fingerprint density at radius 1 is 1.29 bits per heavy atom. The van der Waals surface area contributed by atoms with Gasteiger partial charge in [0, 0.05) is 16.6 Å². The monoisotopic (exact) mass is 372 g/mol. The Morgan fingerprint density at radius 2 is 2.10 bits per heavy atom. The van der Waals surface area contributed by atoms with Crippen LogP contribution in [0.5, 0.6) is 0 Å². The van der Waals surface area contributed by atoms with Gasteiger partial charge in [-0.2, -0.15) is 0 Å². The first-order chi connectivity index (χ1) is 9.95. The number of hydrogen-bond acceptors (Lipinski definition) is 3. The molecule has 2 saturated heterocycles. The summed E-state index contributed by atoms with van der Waals surface area (Å²) in [5, 5.41) is 0. The Balaban J connectivity index is 1.74. The zero-order valence-electron chi connectivity index (χ0n) is 12.2. The van der Waals surface area contributed by atoms with Gasteiger partial charge in [-0.25, -0.2) is 13.1 Å². The van der Waals surface area contributed by atoms with Crippen LogP contribution in [0.2, 0.25) is 0 Å². The predicted octanol–water partition coefficient (Wildman–Crippen LogP) is 2.66. The SMILES string of the molecule is Cc1ccc(S(=O)(=O)NC2CCN3CCCC3C2)c(Br)c1. The highest BCUT2D eigenvalue weighted by atomic mass is 79.9. The Hall–Kier alpha value is -0.430. The topological polar surface area (TPSA) is 49.4 Å². The first-order valence-corrected chi connectivity index (χ1v) is 9.76. The van der Waals surface area contributed by atoms with E-state index in [1.165, 1.54) is 19.4 Å². The van der Waals surface area contributed by atoms with Crippen LogP contribution in [0, 0.1) is 6.92 Å². The van der Waals surface area contributed by atoms with Gasteiger partial charge >= 0.3 is 0 Å². The van der Waals surface area contributed by atoms with Gasteiger partial charge in [0.25, 0.3) is 0 Å². The number of aryl methyl sites for hydroxylation is 1. The molecule has 1 N–H and O–H groups in total. The Labute approximate surface area is 135 Å². The van der Waals surface area contributed by atoms with E-state index in [2.05, 4.69) is 25.6 Å². The van der Waals surface area contributed by atoms with Gasteiger partial charge in [0.15, 0.2) is 0 Å². The number of halogens is 1. The lowest BCUT2D eigenvalue weighted by molar-refractivity contribution is 0.176. The normalized spacial score (nSPS) is 26.8. The zero-order valence-corrected chi connectivity index (χ0v) is 14.6. The second kappa shape index (κ2) is 5.99. The number of sulfonamides is 1. The summed E-state index contributed by atoms with van der Waals surface area (Å²) in [4.78, 5) is 2.83. The number of benzene rings is 1. The molecule has 2 unspecified atom stereocenters. The number of piperidine rings is 1. The molecule has 4 nitrogen and oxygen atoms in total. The minimum atomic E-state index is -3.45. The fraction of sp³-hybridized carbons (Fsp3) is 0.600. The highest BCUT2D eigenvalue weighted by Crippen LogP contribution is 2.29. The van der Waals surface area contributed by atoms with E-state index in [0.29, 0.717) is 15.4 Å². The average Bonchev–Trinajstić information content (AvgIpc) is 2.85. The van der Waals surface area contributed by atoms with Crippen LogP contribution in [-0.2, 0) is 10.0 Å². The summed E-state index contributed by atoms with van der Waals surface area (Å²) in [7, 11) is -3.45. The molecule has 0 spiro atoms. The van der Waals surface area contributed by atoms with Crippen LogP contribution in [0.3, 0.4) is 0 Å². The van der Waals surface area contributed by atoms with E-state index in [-0.39, 0.29) is 6.04 Å². The molecule has 2 aliphatic heterocycles. The van der Waals surface area contributed by atoms with Crippen LogP contribution < -0.4 is 4.72 Å². The van der Waals surface area contributed by atoms with Crippen molar-refractivity contribution in [2.45, 2.75) is 49.6 Å². The third-order valence-corrected chi connectivity index (χ3v) is 7.02. The summed E-state index contributed by atoms with van der Waals surface area (Å²) in [5.74, 6) is 0. The van der Waals surface area contributed by atoms with Gasteiger partial charge < -0.3 is 4.90 Å². The van der Waals surface area contributed by atoms with Crippen LogP contribution in [0.15, 0.2) is 27.6 Å². The summed E-state index contributed by atoms with van der Waals surface area (Å²) >= 11 is 3.37. The molecule has 1 aromatic carbocycles. The van der Waals surface area contributed by atoms with Crippen molar-refractivity contribution in [1.29, 1.82) is 0 Å². The molecule has 21 heavy (non-hydrogen) atoms. The van der Waals surface area contributed by atoms with Gasteiger partial charge in [-0.15, -0.1) is 0 Å². The molecule has 0 saturated carbocycles. The first-order valence-electron chi connectivity index (χ1n) is 7.48. The second-order valence-corrected chi connectivity index (χ2v) is 8.65. The van der Waals surface area contributed by atoms with Crippen molar-refractivity contribution in [1.82, 2.24) is 9.62 Å². The fourth-order valence-electron chi connectivity index (χ4n) is 3.44. The van der Waals surface area contributed by atoms with Gasteiger partial charge in [-0.1, -0.05) is 6.07 Å². The maximum absolute atomic E-state index is 12.6. The molecule has 2 heterocycles. The van der Waals surface area contributed by atoms with E-state index in [1.807, 2.05) is 19.1 Å². The second-order valence-electron chi connectivity index (χ2n) is 6.11. The summed E-state index contributed by atoms with van der Waals surface area (Å²) in [6.45, 7) is 4.13. The molecule has 0 aliphatic carbocycles. The molecule has 3 rings (SSSR count). The van der Waals surface area contributed by atoms with Crippen molar-refractivity contribution < 1.29 is 8.42 Å². The van der Waals surface area contributed by atoms with E-state index in [0.717, 1.165) is 24.9 Å². The Kier molecular flexibility index (Phi) is 4.41. The highest BCUT2D eigenvalue weighted by molar-refractivity contribution is 9.10. The van der Waals surface area contributed by atoms with Gasteiger partial charge in [0.2, 0.25) is 10.0 Å². The number of fused-ring (bicyclic) bond motifs is 1. The van der Waals surface area contributed by atoms with Crippen molar-refractivity contribution in [2.24, 2.45) is 0 Å². The molecule has 0 radical (unpaired) electrons. The lowest BCUT2D eigenvalue weighted by Crippen LogP contribution is -2.47. The third kappa shape index (κ3) is 3.33. The molecule has 2 atom stereocenters. The average molecular weight is 373 g/mol. The van der Waals surface area contributed by atoms with Crippen molar-refractivity contribution in [3.63, 3.8) is 0 Å². The lowest BCUT2D eigenvalue weighted by atomic mass is 9.99. The highest BCUT2D eigenvalue weighted by Gasteiger charge is 2.33. The predicted molar refractivity (Wildman–Crippen MR) is 86.8 cm³/mol. The molecular weight excluding hydrogens is 352 g/mol. The van der Waals surface area contributed by atoms with Crippen LogP contribution in [-0.4, -0.2) is 38.5 Å². The maximum Gasteiger partial charge on any atom is 0.241 e. The number of nitrogens with one attached hydrogen (secondary N) is 1. The van der Waals surface area contributed by atoms with E-state index in [1.54, 1.807) is 6.07 Å². The third-order valence-electron chi connectivity index (χ3n) is 4.52. The number of rotatable bonds is 3. The lowest BCUT2D eigenvalue weighted by Gasteiger charge is -2.35. The number of nitrogens with zero attached hydrogens (tertiary/aromatic N) is 1. The van der Waals surface area contributed by atoms with E-state index < -0.39 is 10.0 Å². The molecular formula is C15H21BrN2O2S. The smallest absolute Gasteiger partial charge is 0.241 e. The van der Waals surface area contributed by atoms with Gasteiger partial charge in [-0.05, 0) is 79.3 Å². The van der Waals surface area contributed by atoms with Crippen LogP contribution in [0.4, 0.5) is 0 Å². The molecule has 2 fully saturated rings. The van der Waals surface area contributed by atoms with E-state index in [4.69, 9.17) is 0 Å². The minimum absolute atomic E-state index is 0.0579. The van der Waals surface area contributed by atoms with Crippen molar-refractivity contribution in [3.05, 3.63) is 28.2 Å². The molecule has 2 aliphatic rings. The molecule has 6 heteroatoms. The van der Waals surface area contributed by atoms with Gasteiger partial charge in [0.1, 0.15) is 0 Å². The number of hydrogen-bond donors (Lipinski definition) is 1. The van der Waals surface area contributed by atoms with Gasteiger partial charge in [0.05, 0.1) is 4.90 Å². The summed E-state index contributed by atoms with van der Waals surface area (Å²) in [6.07, 6.45) is 4.28. The van der Waals surface area contributed by atoms with Crippen LogP contribution >= 0.6 is 15.9 Å². The standard InChI is InChI=1S/C15H21BrN2O2S/c1-11-4-5-15(14(16)9-11)21(19,20)17-12-6-8-18-7-2-3-13(18)10-12/h4-5,9,12-13,17H,2-3,6-8,10H2,1H3. The summed E-state index contributed by atoms with van der Waals surface area (Å²) in [5.41, 5.74) is 1.04. The minimum Gasteiger partial charge on any atom is -0.300 e. The van der Waals surface area contributed by atoms with Crippen molar-refractivity contribution in [3.8, 4) is 0 Å². The van der Waals surface area contributed by atoms with Crippen LogP contribution in [0.1, 0.15) is 31.2 Å². The summed E-state index contributed by atoms with van der Waals surface area (Å²) < 4.78 is 28.7. The van der Waals surface area contributed by atoms with E-state index in [9.17, 15) is 8.42 Å². The van der Waals surface area contributed by atoms with Crippen molar-refractivity contribution >= 4 is 26.0 Å². The zero-order chi connectivity index (χ0) is 15.0. The molecule has 0 bridgehead atoms. The van der Waals surface area contributed by atoms with E-state index >= 15 is 0 Å². The Morgan fingerprint density at radius 3 is 2.86 bits per heavy atom. The molecule has 116 valence electrons. The fourth-order valence-corrected chi connectivity index (χ4v) is 5.91. The largest absolute Gasteiger partial charge is 0.300 e. The first kappa shape index (κ1) is 15.5.